The molecular weight excluding hydrogens is 1370 g/mol. The first-order valence-corrected chi connectivity index (χ1v) is 36.6. The van der Waals surface area contributed by atoms with Crippen molar-refractivity contribution in [3.8, 4) is 30.3 Å². The van der Waals surface area contributed by atoms with Gasteiger partial charge < -0.3 is 30.9 Å². The van der Waals surface area contributed by atoms with Gasteiger partial charge in [0.05, 0.1) is 94.1 Å². The van der Waals surface area contributed by atoms with E-state index in [0.717, 1.165) is 88.7 Å². The van der Waals surface area contributed by atoms with E-state index in [4.69, 9.17) is 63.8 Å². The van der Waals surface area contributed by atoms with Gasteiger partial charge in [-0.15, -0.1) is 0 Å². The molecule has 0 bridgehead atoms. The third kappa shape index (κ3) is 25.1. The average Bonchev–Trinajstić information content (AvgIpc) is 1.72. The van der Waals surface area contributed by atoms with Gasteiger partial charge in [0.2, 0.25) is 16.9 Å². The molecule has 19 heteroatoms. The second kappa shape index (κ2) is 48.2. The number of aryl methyl sites for hydroxylation is 6. The van der Waals surface area contributed by atoms with Gasteiger partial charge in [-0.3, -0.25) is 20.2 Å². The smallest absolute Gasteiger partial charge is 0.312 e. The Kier molecular flexibility index (Phi) is 41.6. The Labute approximate surface area is 641 Å². The van der Waals surface area contributed by atoms with E-state index in [1.165, 1.54) is 42.0 Å². The Hall–Kier alpha value is -12.9. The molecule has 19 nitrogen and oxygen atoms in total. The summed E-state index contributed by atoms with van der Waals surface area (Å²) in [4.78, 5) is 23.8. The molecule has 109 heavy (non-hydrogen) atoms. The lowest BCUT2D eigenvalue weighted by molar-refractivity contribution is -0.383. The second-order valence-corrected chi connectivity index (χ2v) is 23.2. The standard InChI is InChI=1S/C13H13NO.C12H11NO.C11H6N2O.2C11H9NO.2C9H7NO3.7C2H6/c1-13(2,3)11-6-9-4-5-15-12(9)10(7-11)8-14;1-8(2)10-5-9-3-4-14-12(9)11(6-10)7-13;1-7-5-8(6-12)11-9(3-4-14-11)10(7)13-2;1-7-5-9-3-4-13-11(9)8(2)10(7)6-12;1-2-8-5-9-3-4-13-11(9)10(6-8)7-12;2*1-6-4-7-2-3-13-9(7)8(5-6)10(11)12;7*1-2/h4-7H,1-3H3;3-6,8H,1-2H3;3-5H,1H3;3-5H,1-2H3;3-6H,2H2,1H3;2*2-5H,1H3;7*1-2H3. The van der Waals surface area contributed by atoms with Gasteiger partial charge in [0.1, 0.15) is 35.4 Å². The van der Waals surface area contributed by atoms with Crippen molar-refractivity contribution in [1.82, 2.24) is 0 Å². The highest BCUT2D eigenvalue weighted by Gasteiger charge is 2.20. The lowest BCUT2D eigenvalue weighted by Gasteiger charge is -2.19. The first-order valence-electron chi connectivity index (χ1n) is 36.6. The number of rotatable bonds is 4. The number of hydrogen-bond donors (Lipinski definition) is 0. The molecule has 0 saturated heterocycles. The van der Waals surface area contributed by atoms with Gasteiger partial charge in [0.15, 0.2) is 16.7 Å². The van der Waals surface area contributed by atoms with Gasteiger partial charge in [0, 0.05) is 55.4 Å². The largest absolute Gasteiger partial charge is 0.464 e. The number of nitrogens with zero attached hydrogens (tertiary/aromatic N) is 8. The molecule has 0 amide bonds. The molecule has 0 aliphatic carbocycles. The molecule has 0 radical (unpaired) electrons. The normalized spacial score (nSPS) is 9.54. The van der Waals surface area contributed by atoms with E-state index in [1.807, 2.05) is 192 Å². The Morgan fingerprint density at radius 3 is 1.16 bits per heavy atom. The first kappa shape index (κ1) is 94.1. The van der Waals surface area contributed by atoms with E-state index in [-0.39, 0.29) is 16.8 Å². The van der Waals surface area contributed by atoms with Crippen molar-refractivity contribution < 1.29 is 40.8 Å². The molecule has 0 N–H and O–H groups in total. The van der Waals surface area contributed by atoms with Crippen molar-refractivity contribution >= 4 is 93.8 Å². The molecule has 0 aliphatic rings. The monoisotopic (exact) mass is 1470 g/mol. The van der Waals surface area contributed by atoms with Crippen molar-refractivity contribution in [1.29, 1.82) is 26.3 Å². The van der Waals surface area contributed by atoms with Crippen LogP contribution in [0.2, 0.25) is 0 Å². The van der Waals surface area contributed by atoms with Crippen LogP contribution < -0.4 is 0 Å². The number of nitriles is 5. The summed E-state index contributed by atoms with van der Waals surface area (Å²) < 4.78 is 36.3. The molecule has 0 aliphatic heterocycles. The van der Waals surface area contributed by atoms with Gasteiger partial charge in [-0.25, -0.2) is 4.85 Å². The van der Waals surface area contributed by atoms with Crippen LogP contribution in [0.4, 0.5) is 17.1 Å². The molecule has 0 atom stereocenters. The van der Waals surface area contributed by atoms with E-state index in [9.17, 15) is 20.2 Å². The Morgan fingerprint density at radius 2 is 0.771 bits per heavy atom. The van der Waals surface area contributed by atoms with Crippen LogP contribution in [0.15, 0.2) is 190 Å². The number of nitro groups is 2. The second-order valence-electron chi connectivity index (χ2n) is 23.2. The fourth-order valence-electron chi connectivity index (χ4n) is 10.4. The zero-order valence-electron chi connectivity index (χ0n) is 67.9. The third-order valence-electron chi connectivity index (χ3n) is 15.2. The topological polar surface area (TPSA) is 302 Å². The fourth-order valence-corrected chi connectivity index (χ4v) is 10.4. The van der Waals surface area contributed by atoms with Gasteiger partial charge in [-0.05, 0) is 194 Å². The number of nitro benzene ring substituents is 2. The quantitative estimate of drug-likeness (QED) is 0.0898. The van der Waals surface area contributed by atoms with Crippen LogP contribution in [0.3, 0.4) is 0 Å². The SMILES string of the molecule is CC.CC.CC.CC.CC.CC.CC.CC(C)(C)c1cc(C#N)c2occc2c1.CC(C)c1cc(C#N)c2occc2c1.CCc1cc(C#N)c2occc2c1.Cc1cc([N+](=O)[O-])c2occc2c1.Cc1cc([N+](=O)[O-])c2occc2c1.Cc1cc2ccoc2c(C)c1C#N.[C-]#[N+]c1c(C)cc(C#N)c2occc12. The Balaban J connectivity index is 0.000000618. The minimum Gasteiger partial charge on any atom is -0.464 e. The van der Waals surface area contributed by atoms with Gasteiger partial charge in [-0.1, -0.05) is 138 Å². The van der Waals surface area contributed by atoms with Gasteiger partial charge >= 0.3 is 11.4 Å². The lowest BCUT2D eigenvalue weighted by atomic mass is 9.85. The maximum absolute atomic E-state index is 10.6. The molecule has 7 heterocycles. The van der Waals surface area contributed by atoms with Crippen molar-refractivity contribution in [2.45, 2.75) is 191 Å². The average molecular weight is 1470 g/mol. The molecular formula is C90H104N8O11. The third-order valence-corrected chi connectivity index (χ3v) is 15.2. The summed E-state index contributed by atoms with van der Waals surface area (Å²) in [6.07, 6.45) is 11.9. The molecule has 7 aromatic carbocycles. The number of hydrogen-bond acceptors (Lipinski definition) is 16. The molecule has 14 rings (SSSR count). The van der Waals surface area contributed by atoms with Crippen LogP contribution in [0, 0.1) is 118 Å². The summed E-state index contributed by atoms with van der Waals surface area (Å²) in [6, 6.07) is 45.7. The molecule has 0 spiro atoms. The summed E-state index contributed by atoms with van der Waals surface area (Å²) in [6.45, 7) is 57.0. The van der Waals surface area contributed by atoms with Crippen LogP contribution in [0.5, 0.6) is 0 Å². The van der Waals surface area contributed by atoms with Gasteiger partial charge in [0.25, 0.3) is 0 Å². The zero-order valence-corrected chi connectivity index (χ0v) is 67.9. The summed E-state index contributed by atoms with van der Waals surface area (Å²) in [5.41, 5.74) is 15.8. The summed E-state index contributed by atoms with van der Waals surface area (Å²) in [7, 11) is 0. The van der Waals surface area contributed by atoms with Crippen molar-refractivity contribution in [2.75, 3.05) is 0 Å². The lowest BCUT2D eigenvalue weighted by Crippen LogP contribution is -2.11. The molecule has 0 unspecified atom stereocenters. The summed E-state index contributed by atoms with van der Waals surface area (Å²) in [5.74, 6) is 0.432. The van der Waals surface area contributed by atoms with Crippen LogP contribution >= 0.6 is 0 Å². The molecule has 570 valence electrons. The van der Waals surface area contributed by atoms with Crippen LogP contribution in [0.1, 0.15) is 217 Å². The molecule has 14 aromatic rings. The van der Waals surface area contributed by atoms with Crippen molar-refractivity contribution in [3.05, 3.63) is 263 Å². The van der Waals surface area contributed by atoms with Crippen LogP contribution in [-0.2, 0) is 11.8 Å². The number of non-ortho nitro benzene ring substituents is 2. The minimum absolute atomic E-state index is 0.0278. The minimum atomic E-state index is -0.432. The first-order chi connectivity index (χ1) is 52.5. The maximum Gasteiger partial charge on any atom is 0.312 e. The molecule has 0 fully saturated rings. The Morgan fingerprint density at radius 1 is 0.422 bits per heavy atom. The summed E-state index contributed by atoms with van der Waals surface area (Å²) in [5, 5.41) is 72.2. The van der Waals surface area contributed by atoms with E-state index < -0.39 is 9.85 Å². The van der Waals surface area contributed by atoms with Crippen LogP contribution in [-0.4, -0.2) is 9.85 Å². The molecule has 0 saturated carbocycles. The number of furan rings is 7. The zero-order chi connectivity index (χ0) is 82.8. The number of benzene rings is 7. The van der Waals surface area contributed by atoms with E-state index in [2.05, 4.69) is 94.9 Å². The number of fused-ring (bicyclic) bond motifs is 7. The van der Waals surface area contributed by atoms with Crippen molar-refractivity contribution in [3.63, 3.8) is 0 Å². The van der Waals surface area contributed by atoms with E-state index in [1.54, 1.807) is 49.3 Å². The van der Waals surface area contributed by atoms with Crippen LogP contribution in [0.25, 0.3) is 81.6 Å². The highest BCUT2D eigenvalue weighted by Crippen LogP contribution is 2.35. The summed E-state index contributed by atoms with van der Waals surface area (Å²) >= 11 is 0. The van der Waals surface area contributed by atoms with Gasteiger partial charge in [-0.2, -0.15) is 26.3 Å². The predicted molar refractivity (Wildman–Crippen MR) is 442 cm³/mol. The fraction of sp³-hybridized carbons (Fsp3) is 0.311. The Bertz CT molecular complexity index is 5350. The van der Waals surface area contributed by atoms with E-state index >= 15 is 0 Å². The molecule has 7 aromatic heterocycles. The highest BCUT2D eigenvalue weighted by atomic mass is 16.6. The highest BCUT2D eigenvalue weighted by molar-refractivity contribution is 5.96. The maximum atomic E-state index is 10.6. The predicted octanol–water partition coefficient (Wildman–Crippen LogP) is 28.5. The van der Waals surface area contributed by atoms with Crippen molar-refractivity contribution in [2.24, 2.45) is 0 Å². The van der Waals surface area contributed by atoms with E-state index in [0.29, 0.717) is 67.4 Å².